The number of rotatable bonds is 7. The molecule has 19 heavy (non-hydrogen) atoms. The summed E-state index contributed by atoms with van der Waals surface area (Å²) in [5, 5.41) is 0.547. The Morgan fingerprint density at radius 3 is 2.47 bits per heavy atom. The van der Waals surface area contributed by atoms with Gasteiger partial charge in [-0.15, -0.1) is 0 Å². The smallest absolute Gasteiger partial charge is 0.161 e. The normalized spacial score (nSPS) is 10.8. The first-order valence-electron chi connectivity index (χ1n) is 7.04. The highest BCUT2D eigenvalue weighted by atomic mass is 35.5. The van der Waals surface area contributed by atoms with Crippen molar-refractivity contribution in [1.29, 1.82) is 0 Å². The minimum absolute atomic E-state index is 0.0126. The Hall–Kier alpha value is -1.02. The summed E-state index contributed by atoms with van der Waals surface area (Å²) in [7, 11) is 0. The molecule has 0 saturated heterocycles. The van der Waals surface area contributed by atoms with Crippen LogP contribution in [0.3, 0.4) is 0 Å². The number of hydrogen-bond acceptors (Lipinski definition) is 2. The molecule has 0 saturated carbocycles. The number of carbonyl (C=O) groups is 1. The van der Waals surface area contributed by atoms with Crippen LogP contribution < -0.4 is 4.90 Å². The molecule has 0 aromatic heterocycles. The fourth-order valence-electron chi connectivity index (χ4n) is 2.19. The predicted molar refractivity (Wildman–Crippen MR) is 83.5 cm³/mol. The van der Waals surface area contributed by atoms with E-state index in [1.165, 1.54) is 19.3 Å². The van der Waals surface area contributed by atoms with Gasteiger partial charge in [-0.05, 0) is 45.4 Å². The molecular formula is C16H24ClNO. The van der Waals surface area contributed by atoms with Crippen LogP contribution in [0.4, 0.5) is 5.69 Å². The summed E-state index contributed by atoms with van der Waals surface area (Å²) in [5.41, 5.74) is 1.70. The van der Waals surface area contributed by atoms with Crippen LogP contribution in [0.1, 0.15) is 57.3 Å². The molecule has 2 nitrogen and oxygen atoms in total. The highest BCUT2D eigenvalue weighted by Gasteiger charge is 2.13. The Morgan fingerprint density at radius 2 is 2.00 bits per heavy atom. The van der Waals surface area contributed by atoms with Crippen LogP contribution >= 0.6 is 11.6 Å². The van der Waals surface area contributed by atoms with Gasteiger partial charge in [-0.3, -0.25) is 4.79 Å². The average molecular weight is 282 g/mol. The molecule has 0 spiro atoms. The molecule has 0 aliphatic carbocycles. The van der Waals surface area contributed by atoms with Crippen molar-refractivity contribution in [2.24, 2.45) is 0 Å². The standard InChI is InChI=1S/C16H24ClNO/c1-5-6-7-10-18(12(2)3)14-8-9-15(13(4)19)16(17)11-14/h8-9,11-12H,5-7,10H2,1-4H3. The average Bonchev–Trinajstić information content (AvgIpc) is 2.33. The molecular weight excluding hydrogens is 258 g/mol. The molecule has 3 heteroatoms. The van der Waals surface area contributed by atoms with Crippen molar-refractivity contribution < 1.29 is 4.79 Å². The first-order chi connectivity index (χ1) is 8.97. The molecule has 0 unspecified atom stereocenters. The molecule has 1 rings (SSSR count). The monoisotopic (exact) mass is 281 g/mol. The minimum Gasteiger partial charge on any atom is -0.369 e. The van der Waals surface area contributed by atoms with E-state index in [1.807, 2.05) is 18.2 Å². The fraction of sp³-hybridized carbons (Fsp3) is 0.562. The number of carbonyl (C=O) groups excluding carboxylic acids is 1. The first-order valence-corrected chi connectivity index (χ1v) is 7.42. The lowest BCUT2D eigenvalue weighted by Crippen LogP contribution is -2.31. The van der Waals surface area contributed by atoms with E-state index in [2.05, 4.69) is 25.7 Å². The van der Waals surface area contributed by atoms with Crippen molar-refractivity contribution in [3.8, 4) is 0 Å². The van der Waals surface area contributed by atoms with Crippen LogP contribution in [0.2, 0.25) is 5.02 Å². The molecule has 0 aliphatic heterocycles. The molecule has 0 aliphatic rings. The van der Waals surface area contributed by atoms with Gasteiger partial charge in [-0.1, -0.05) is 31.4 Å². The maximum absolute atomic E-state index is 11.4. The molecule has 1 aromatic carbocycles. The summed E-state index contributed by atoms with van der Waals surface area (Å²) in [4.78, 5) is 13.7. The van der Waals surface area contributed by atoms with Gasteiger partial charge in [0.2, 0.25) is 0 Å². The number of ketones is 1. The van der Waals surface area contributed by atoms with Gasteiger partial charge >= 0.3 is 0 Å². The molecule has 0 amide bonds. The number of hydrogen-bond donors (Lipinski definition) is 0. The number of Topliss-reactive ketones (excluding diaryl/α,β-unsaturated/α-hetero) is 1. The Morgan fingerprint density at radius 1 is 1.32 bits per heavy atom. The highest BCUT2D eigenvalue weighted by Crippen LogP contribution is 2.25. The van der Waals surface area contributed by atoms with Gasteiger partial charge in [0.25, 0.3) is 0 Å². The lowest BCUT2D eigenvalue weighted by atomic mass is 10.1. The summed E-state index contributed by atoms with van der Waals surface area (Å²) < 4.78 is 0. The van der Waals surface area contributed by atoms with Gasteiger partial charge in [0.05, 0.1) is 5.02 Å². The number of benzene rings is 1. The second-order valence-electron chi connectivity index (χ2n) is 5.21. The number of unbranched alkanes of at least 4 members (excludes halogenated alkanes) is 2. The number of nitrogens with zero attached hydrogens (tertiary/aromatic N) is 1. The Balaban J connectivity index is 2.90. The summed E-state index contributed by atoms with van der Waals surface area (Å²) in [6.07, 6.45) is 3.64. The Labute approximate surface area is 121 Å². The van der Waals surface area contributed by atoms with E-state index < -0.39 is 0 Å². The zero-order valence-corrected chi connectivity index (χ0v) is 13.1. The minimum atomic E-state index is 0.0126. The molecule has 106 valence electrons. The van der Waals surface area contributed by atoms with Crippen LogP contribution in [0, 0.1) is 0 Å². The number of halogens is 1. The molecule has 0 radical (unpaired) electrons. The zero-order valence-electron chi connectivity index (χ0n) is 12.4. The quantitative estimate of drug-likeness (QED) is 0.521. The summed E-state index contributed by atoms with van der Waals surface area (Å²) >= 11 is 6.19. The third kappa shape index (κ3) is 4.54. The van der Waals surface area contributed by atoms with Gasteiger partial charge in [0, 0.05) is 23.8 Å². The van der Waals surface area contributed by atoms with Crippen molar-refractivity contribution in [3.05, 3.63) is 28.8 Å². The lowest BCUT2D eigenvalue weighted by molar-refractivity contribution is 0.101. The van der Waals surface area contributed by atoms with E-state index in [-0.39, 0.29) is 5.78 Å². The van der Waals surface area contributed by atoms with Gasteiger partial charge < -0.3 is 4.90 Å². The second-order valence-corrected chi connectivity index (χ2v) is 5.62. The van der Waals surface area contributed by atoms with Crippen molar-refractivity contribution in [3.63, 3.8) is 0 Å². The first kappa shape index (κ1) is 16.0. The SMILES string of the molecule is CCCCCN(c1ccc(C(C)=O)c(Cl)c1)C(C)C. The van der Waals surface area contributed by atoms with Crippen LogP contribution in [0.25, 0.3) is 0 Å². The van der Waals surface area contributed by atoms with Crippen LogP contribution in [-0.2, 0) is 0 Å². The van der Waals surface area contributed by atoms with Crippen molar-refractivity contribution >= 4 is 23.1 Å². The maximum atomic E-state index is 11.4. The van der Waals surface area contributed by atoms with Crippen molar-refractivity contribution in [2.75, 3.05) is 11.4 Å². The fourth-order valence-corrected chi connectivity index (χ4v) is 2.49. The molecule has 0 atom stereocenters. The highest BCUT2D eigenvalue weighted by molar-refractivity contribution is 6.34. The topological polar surface area (TPSA) is 20.3 Å². The van der Waals surface area contributed by atoms with E-state index in [0.717, 1.165) is 12.2 Å². The largest absolute Gasteiger partial charge is 0.369 e. The maximum Gasteiger partial charge on any atom is 0.161 e. The van der Waals surface area contributed by atoms with E-state index in [9.17, 15) is 4.79 Å². The van der Waals surface area contributed by atoms with Gasteiger partial charge in [0.15, 0.2) is 5.78 Å². The van der Waals surface area contributed by atoms with Crippen LogP contribution in [0.15, 0.2) is 18.2 Å². The summed E-state index contributed by atoms with van der Waals surface area (Å²) in [5.74, 6) is 0.0126. The van der Waals surface area contributed by atoms with Crippen LogP contribution in [0.5, 0.6) is 0 Å². The second kappa shape index (κ2) is 7.54. The van der Waals surface area contributed by atoms with E-state index >= 15 is 0 Å². The third-order valence-corrected chi connectivity index (χ3v) is 3.60. The third-order valence-electron chi connectivity index (χ3n) is 3.29. The number of anilines is 1. The van der Waals surface area contributed by atoms with Gasteiger partial charge in [0.1, 0.15) is 0 Å². The summed E-state index contributed by atoms with van der Waals surface area (Å²) in [6.45, 7) is 9.14. The van der Waals surface area contributed by atoms with Crippen LogP contribution in [-0.4, -0.2) is 18.4 Å². The van der Waals surface area contributed by atoms with Crippen molar-refractivity contribution in [1.82, 2.24) is 0 Å². The zero-order chi connectivity index (χ0) is 14.4. The molecule has 0 heterocycles. The molecule has 0 fully saturated rings. The summed E-state index contributed by atoms with van der Waals surface area (Å²) in [6, 6.07) is 6.16. The van der Waals surface area contributed by atoms with E-state index in [0.29, 0.717) is 16.6 Å². The predicted octanol–water partition coefficient (Wildman–Crippen LogP) is 4.95. The van der Waals surface area contributed by atoms with Gasteiger partial charge in [-0.25, -0.2) is 0 Å². The molecule has 0 N–H and O–H groups in total. The Kier molecular flexibility index (Phi) is 6.36. The van der Waals surface area contributed by atoms with Gasteiger partial charge in [-0.2, -0.15) is 0 Å². The van der Waals surface area contributed by atoms with Crippen molar-refractivity contribution in [2.45, 2.75) is 53.0 Å². The van der Waals surface area contributed by atoms with E-state index in [1.54, 1.807) is 6.92 Å². The lowest BCUT2D eigenvalue weighted by Gasteiger charge is -2.29. The molecule has 0 bridgehead atoms. The molecule has 1 aromatic rings. The van der Waals surface area contributed by atoms with E-state index in [4.69, 9.17) is 11.6 Å². The Bertz CT molecular complexity index is 429.